The van der Waals surface area contributed by atoms with Gasteiger partial charge in [-0.25, -0.2) is 0 Å². The number of hydrogen-bond acceptors (Lipinski definition) is 3. The lowest BCUT2D eigenvalue weighted by Crippen LogP contribution is -2.37. The fraction of sp³-hybridized carbons (Fsp3) is 0.667. The van der Waals surface area contributed by atoms with E-state index in [1.54, 1.807) is 6.92 Å². The Balaban J connectivity index is 1.93. The van der Waals surface area contributed by atoms with E-state index >= 15 is 0 Å². The molecule has 1 aliphatic rings. The number of rotatable bonds is 3. The fourth-order valence-electron chi connectivity index (χ4n) is 2.26. The maximum absolute atomic E-state index is 11.2. The minimum Gasteiger partial charge on any atom is -0.343 e. The quantitative estimate of drug-likeness (QED) is 0.826. The minimum atomic E-state index is 0.187. The second-order valence-electron chi connectivity index (χ2n) is 4.50. The SMILES string of the molecule is CSCc1cnn(C2CCN(C(C)=O)CC2)c1. The van der Waals surface area contributed by atoms with Crippen LogP contribution in [0.3, 0.4) is 0 Å². The Morgan fingerprint density at radius 2 is 2.24 bits per heavy atom. The standard InChI is InChI=1S/C12H19N3OS/c1-10(16)14-5-3-12(4-6-14)15-8-11(7-13-15)9-17-2/h7-8,12H,3-6,9H2,1-2H3. The van der Waals surface area contributed by atoms with Crippen LogP contribution in [0.1, 0.15) is 31.4 Å². The van der Waals surface area contributed by atoms with Gasteiger partial charge in [-0.05, 0) is 24.7 Å². The van der Waals surface area contributed by atoms with Gasteiger partial charge < -0.3 is 4.90 Å². The van der Waals surface area contributed by atoms with Crippen molar-refractivity contribution in [3.05, 3.63) is 18.0 Å². The summed E-state index contributed by atoms with van der Waals surface area (Å²) in [5.74, 6) is 1.21. The zero-order valence-electron chi connectivity index (χ0n) is 10.4. The highest BCUT2D eigenvalue weighted by Crippen LogP contribution is 2.22. The molecule has 1 aliphatic heterocycles. The van der Waals surface area contributed by atoms with Crippen LogP contribution >= 0.6 is 11.8 Å². The van der Waals surface area contributed by atoms with Crippen molar-refractivity contribution in [2.75, 3.05) is 19.3 Å². The van der Waals surface area contributed by atoms with Crippen LogP contribution in [-0.2, 0) is 10.5 Å². The van der Waals surface area contributed by atoms with Gasteiger partial charge in [-0.3, -0.25) is 9.48 Å². The van der Waals surface area contributed by atoms with E-state index in [-0.39, 0.29) is 5.91 Å². The number of aromatic nitrogens is 2. The summed E-state index contributed by atoms with van der Waals surface area (Å²) >= 11 is 1.81. The normalized spacial score (nSPS) is 17.4. The molecule has 1 fully saturated rings. The highest BCUT2D eigenvalue weighted by atomic mass is 32.2. The Bertz CT molecular complexity index is 383. The molecule has 1 saturated heterocycles. The van der Waals surface area contributed by atoms with Gasteiger partial charge in [0.25, 0.3) is 0 Å². The second-order valence-corrected chi connectivity index (χ2v) is 5.36. The highest BCUT2D eigenvalue weighted by molar-refractivity contribution is 7.97. The van der Waals surface area contributed by atoms with Crippen LogP contribution in [0.2, 0.25) is 0 Å². The Kier molecular flexibility index (Phi) is 4.10. The average Bonchev–Trinajstić information content (AvgIpc) is 2.78. The van der Waals surface area contributed by atoms with Crippen LogP contribution in [-0.4, -0.2) is 39.9 Å². The molecule has 1 aromatic rings. The summed E-state index contributed by atoms with van der Waals surface area (Å²) in [6.07, 6.45) is 8.22. The third-order valence-corrected chi connectivity index (χ3v) is 3.87. The van der Waals surface area contributed by atoms with Crippen molar-refractivity contribution in [1.29, 1.82) is 0 Å². The molecular weight excluding hydrogens is 234 g/mol. The first-order chi connectivity index (χ1) is 8.20. The van der Waals surface area contributed by atoms with Gasteiger partial charge in [0.05, 0.1) is 12.2 Å². The number of thioether (sulfide) groups is 1. The number of nitrogens with zero attached hydrogens (tertiary/aromatic N) is 3. The fourth-order valence-corrected chi connectivity index (χ4v) is 2.75. The summed E-state index contributed by atoms with van der Waals surface area (Å²) in [5.41, 5.74) is 1.28. The molecule has 94 valence electrons. The zero-order valence-corrected chi connectivity index (χ0v) is 11.2. The molecule has 1 amide bonds. The van der Waals surface area contributed by atoms with Gasteiger partial charge in [-0.2, -0.15) is 16.9 Å². The van der Waals surface area contributed by atoms with Crippen molar-refractivity contribution in [3.8, 4) is 0 Å². The molecule has 17 heavy (non-hydrogen) atoms. The molecule has 0 spiro atoms. The average molecular weight is 253 g/mol. The Hall–Kier alpha value is -0.970. The van der Waals surface area contributed by atoms with Gasteiger partial charge in [0.15, 0.2) is 0 Å². The molecule has 0 atom stereocenters. The predicted octanol–water partition coefficient (Wildman–Crippen LogP) is 1.93. The summed E-state index contributed by atoms with van der Waals surface area (Å²) in [6, 6.07) is 0.459. The van der Waals surface area contributed by atoms with E-state index in [0.717, 1.165) is 31.7 Å². The number of carbonyl (C=O) groups is 1. The molecule has 0 bridgehead atoms. The summed E-state index contributed by atoms with van der Waals surface area (Å²) < 4.78 is 2.07. The van der Waals surface area contributed by atoms with Crippen LogP contribution in [0.4, 0.5) is 0 Å². The lowest BCUT2D eigenvalue weighted by atomic mass is 10.1. The summed E-state index contributed by atoms with van der Waals surface area (Å²) in [4.78, 5) is 13.2. The van der Waals surface area contributed by atoms with Crippen molar-refractivity contribution < 1.29 is 4.79 Å². The number of piperidine rings is 1. The van der Waals surface area contributed by atoms with Crippen LogP contribution in [0, 0.1) is 0 Å². The number of likely N-dealkylation sites (tertiary alicyclic amines) is 1. The molecule has 4 nitrogen and oxygen atoms in total. The van der Waals surface area contributed by atoms with Gasteiger partial charge in [-0.15, -0.1) is 0 Å². The Morgan fingerprint density at radius 3 is 2.82 bits per heavy atom. The Labute approximate surface area is 106 Å². The van der Waals surface area contributed by atoms with Gasteiger partial charge >= 0.3 is 0 Å². The number of amides is 1. The summed E-state index contributed by atoms with van der Waals surface area (Å²) in [6.45, 7) is 3.36. The molecule has 0 aromatic carbocycles. The van der Waals surface area contributed by atoms with Crippen molar-refractivity contribution >= 4 is 17.7 Å². The first kappa shape index (κ1) is 12.5. The van der Waals surface area contributed by atoms with E-state index < -0.39 is 0 Å². The lowest BCUT2D eigenvalue weighted by Gasteiger charge is -2.31. The van der Waals surface area contributed by atoms with Gasteiger partial charge in [0.1, 0.15) is 0 Å². The molecule has 0 N–H and O–H groups in total. The maximum Gasteiger partial charge on any atom is 0.219 e. The van der Waals surface area contributed by atoms with Crippen LogP contribution in [0.25, 0.3) is 0 Å². The van der Waals surface area contributed by atoms with Gasteiger partial charge in [-0.1, -0.05) is 0 Å². The summed E-state index contributed by atoms with van der Waals surface area (Å²) in [5, 5.41) is 4.43. The monoisotopic (exact) mass is 253 g/mol. The molecule has 2 rings (SSSR count). The third kappa shape index (κ3) is 3.03. The molecule has 0 radical (unpaired) electrons. The lowest BCUT2D eigenvalue weighted by molar-refractivity contribution is -0.130. The van der Waals surface area contributed by atoms with E-state index in [0.29, 0.717) is 6.04 Å². The first-order valence-corrected chi connectivity index (χ1v) is 7.37. The van der Waals surface area contributed by atoms with Crippen molar-refractivity contribution in [3.63, 3.8) is 0 Å². The van der Waals surface area contributed by atoms with E-state index in [1.807, 2.05) is 22.9 Å². The second kappa shape index (κ2) is 5.58. The molecular formula is C12H19N3OS. The van der Waals surface area contributed by atoms with Crippen molar-refractivity contribution in [2.24, 2.45) is 0 Å². The molecule has 2 heterocycles. The van der Waals surface area contributed by atoms with E-state index in [4.69, 9.17) is 0 Å². The molecule has 1 aromatic heterocycles. The van der Waals surface area contributed by atoms with E-state index in [2.05, 4.69) is 22.2 Å². The Morgan fingerprint density at radius 1 is 1.53 bits per heavy atom. The molecule has 5 heteroatoms. The molecule has 0 saturated carbocycles. The van der Waals surface area contributed by atoms with E-state index in [1.165, 1.54) is 5.56 Å². The largest absolute Gasteiger partial charge is 0.343 e. The number of carbonyl (C=O) groups excluding carboxylic acids is 1. The number of hydrogen-bond donors (Lipinski definition) is 0. The molecule has 0 unspecified atom stereocenters. The highest BCUT2D eigenvalue weighted by Gasteiger charge is 2.22. The summed E-state index contributed by atoms with van der Waals surface area (Å²) in [7, 11) is 0. The van der Waals surface area contributed by atoms with Gasteiger partial charge in [0, 0.05) is 32.0 Å². The predicted molar refractivity (Wildman–Crippen MR) is 70.0 cm³/mol. The minimum absolute atomic E-state index is 0.187. The van der Waals surface area contributed by atoms with Crippen LogP contribution in [0.15, 0.2) is 12.4 Å². The third-order valence-electron chi connectivity index (χ3n) is 3.25. The first-order valence-electron chi connectivity index (χ1n) is 5.98. The van der Waals surface area contributed by atoms with Crippen molar-refractivity contribution in [2.45, 2.75) is 31.6 Å². The van der Waals surface area contributed by atoms with Crippen LogP contribution < -0.4 is 0 Å². The smallest absolute Gasteiger partial charge is 0.219 e. The maximum atomic E-state index is 11.2. The van der Waals surface area contributed by atoms with Crippen molar-refractivity contribution in [1.82, 2.24) is 14.7 Å². The van der Waals surface area contributed by atoms with Gasteiger partial charge in [0.2, 0.25) is 5.91 Å². The zero-order chi connectivity index (χ0) is 12.3. The van der Waals surface area contributed by atoms with E-state index in [9.17, 15) is 4.79 Å². The topological polar surface area (TPSA) is 38.1 Å². The molecule has 0 aliphatic carbocycles. The van der Waals surface area contributed by atoms with Crippen LogP contribution in [0.5, 0.6) is 0 Å².